The fourth-order valence-corrected chi connectivity index (χ4v) is 1.73. The number of ether oxygens (including phenoxy) is 1. The molecule has 0 bridgehead atoms. The van der Waals surface area contributed by atoms with Crippen molar-refractivity contribution in [3.05, 3.63) is 35.4 Å². The van der Waals surface area contributed by atoms with Gasteiger partial charge in [-0.25, -0.2) is 0 Å². The van der Waals surface area contributed by atoms with Crippen LogP contribution in [0.4, 0.5) is 13.2 Å². The lowest BCUT2D eigenvalue weighted by molar-refractivity contribution is -0.137. The van der Waals surface area contributed by atoms with Crippen LogP contribution >= 0.6 is 0 Å². The van der Waals surface area contributed by atoms with Gasteiger partial charge in [0.05, 0.1) is 12.2 Å². The molecule has 1 aromatic rings. The number of hydrogen-bond acceptors (Lipinski definition) is 2. The van der Waals surface area contributed by atoms with E-state index in [1.54, 1.807) is 0 Å². The predicted molar refractivity (Wildman–Crippen MR) is 69.1 cm³/mol. The van der Waals surface area contributed by atoms with Gasteiger partial charge < -0.3 is 10.1 Å². The molecule has 0 fully saturated rings. The number of likely N-dealkylation sites (N-methyl/N-ethyl adjacent to an activating group) is 1. The third-order valence-electron chi connectivity index (χ3n) is 2.84. The molecule has 2 nitrogen and oxygen atoms in total. The fraction of sp³-hybridized carbons (Fsp3) is 0.571. The lowest BCUT2D eigenvalue weighted by atomic mass is 10.0. The van der Waals surface area contributed by atoms with Crippen LogP contribution in [0.2, 0.25) is 0 Å². The molecule has 0 radical (unpaired) electrons. The number of nitrogens with one attached hydrogen (secondary N) is 1. The normalized spacial score (nSPS) is 13.5. The van der Waals surface area contributed by atoms with E-state index in [0.717, 1.165) is 24.1 Å². The Morgan fingerprint density at radius 1 is 1.21 bits per heavy atom. The molecule has 0 saturated heterocycles. The van der Waals surface area contributed by atoms with Gasteiger partial charge in [-0.2, -0.15) is 13.2 Å². The molecule has 108 valence electrons. The zero-order valence-electron chi connectivity index (χ0n) is 11.3. The van der Waals surface area contributed by atoms with E-state index in [2.05, 4.69) is 5.32 Å². The van der Waals surface area contributed by atoms with Gasteiger partial charge in [0, 0.05) is 12.6 Å². The second-order valence-electron chi connectivity index (χ2n) is 4.46. The van der Waals surface area contributed by atoms with E-state index in [1.165, 1.54) is 12.1 Å². The maximum atomic E-state index is 12.4. The van der Waals surface area contributed by atoms with E-state index in [4.69, 9.17) is 4.74 Å². The predicted octanol–water partition coefficient (Wildman–Crippen LogP) is 3.26. The van der Waals surface area contributed by atoms with Crippen molar-refractivity contribution in [3.8, 4) is 0 Å². The molecule has 0 aliphatic rings. The van der Waals surface area contributed by atoms with Crippen molar-refractivity contribution in [1.29, 1.82) is 0 Å². The van der Waals surface area contributed by atoms with Crippen LogP contribution in [0.15, 0.2) is 24.3 Å². The standard InChI is InChI=1S/C14H20F3NO/c1-3-8-19-10-13(18-2)9-11-4-6-12(7-5-11)14(15,16)17/h4-7,13,18H,3,8-10H2,1-2H3. The van der Waals surface area contributed by atoms with Crippen molar-refractivity contribution >= 4 is 0 Å². The van der Waals surface area contributed by atoms with Crippen LogP contribution in [-0.2, 0) is 17.3 Å². The lowest BCUT2D eigenvalue weighted by Gasteiger charge is -2.16. The van der Waals surface area contributed by atoms with Gasteiger partial charge in [0.25, 0.3) is 0 Å². The minimum atomic E-state index is -4.27. The van der Waals surface area contributed by atoms with Crippen LogP contribution in [0.5, 0.6) is 0 Å². The Morgan fingerprint density at radius 3 is 2.32 bits per heavy atom. The smallest absolute Gasteiger partial charge is 0.380 e. The first-order chi connectivity index (χ1) is 8.97. The molecule has 0 spiro atoms. The van der Waals surface area contributed by atoms with Crippen molar-refractivity contribution in [2.24, 2.45) is 0 Å². The van der Waals surface area contributed by atoms with Crippen LogP contribution in [-0.4, -0.2) is 26.3 Å². The summed E-state index contributed by atoms with van der Waals surface area (Å²) in [7, 11) is 1.82. The molecular weight excluding hydrogens is 255 g/mol. The van der Waals surface area contributed by atoms with Gasteiger partial charge >= 0.3 is 6.18 Å². The first kappa shape index (κ1) is 16.0. The summed E-state index contributed by atoms with van der Waals surface area (Å²) in [5.74, 6) is 0. The van der Waals surface area contributed by atoms with Gasteiger partial charge in [0.1, 0.15) is 0 Å². The summed E-state index contributed by atoms with van der Waals surface area (Å²) in [5.41, 5.74) is 0.256. The van der Waals surface area contributed by atoms with Gasteiger partial charge in [-0.05, 0) is 37.6 Å². The zero-order valence-corrected chi connectivity index (χ0v) is 11.3. The van der Waals surface area contributed by atoms with Crippen LogP contribution in [0, 0.1) is 0 Å². The van der Waals surface area contributed by atoms with Gasteiger partial charge in [-0.1, -0.05) is 19.1 Å². The van der Waals surface area contributed by atoms with E-state index in [-0.39, 0.29) is 6.04 Å². The van der Waals surface area contributed by atoms with Crippen LogP contribution in [0.3, 0.4) is 0 Å². The van der Waals surface area contributed by atoms with E-state index < -0.39 is 11.7 Å². The lowest BCUT2D eigenvalue weighted by Crippen LogP contribution is -2.32. The topological polar surface area (TPSA) is 21.3 Å². The minimum absolute atomic E-state index is 0.114. The van der Waals surface area contributed by atoms with E-state index in [0.29, 0.717) is 19.6 Å². The molecule has 1 N–H and O–H groups in total. The average Bonchev–Trinajstić information content (AvgIpc) is 2.37. The van der Waals surface area contributed by atoms with Crippen molar-refractivity contribution in [2.45, 2.75) is 32.0 Å². The van der Waals surface area contributed by atoms with Gasteiger partial charge in [0.15, 0.2) is 0 Å². The molecule has 1 rings (SSSR count). The summed E-state index contributed by atoms with van der Waals surface area (Å²) >= 11 is 0. The second kappa shape index (κ2) is 7.50. The minimum Gasteiger partial charge on any atom is -0.380 e. The Kier molecular flexibility index (Phi) is 6.31. The first-order valence-corrected chi connectivity index (χ1v) is 6.38. The van der Waals surface area contributed by atoms with Gasteiger partial charge in [-0.3, -0.25) is 0 Å². The highest BCUT2D eigenvalue weighted by atomic mass is 19.4. The van der Waals surface area contributed by atoms with Crippen molar-refractivity contribution in [1.82, 2.24) is 5.32 Å². The quantitative estimate of drug-likeness (QED) is 0.771. The molecule has 1 aromatic carbocycles. The molecule has 0 aromatic heterocycles. The molecule has 0 amide bonds. The van der Waals surface area contributed by atoms with E-state index in [1.807, 2.05) is 14.0 Å². The summed E-state index contributed by atoms with van der Waals surface area (Å²) in [4.78, 5) is 0. The number of hydrogen-bond donors (Lipinski definition) is 1. The molecule has 1 atom stereocenters. The van der Waals surface area contributed by atoms with Crippen LogP contribution in [0.1, 0.15) is 24.5 Å². The molecule has 5 heteroatoms. The Labute approximate surface area is 112 Å². The highest BCUT2D eigenvalue weighted by molar-refractivity contribution is 5.25. The van der Waals surface area contributed by atoms with Gasteiger partial charge in [-0.15, -0.1) is 0 Å². The Bertz CT molecular complexity index is 362. The van der Waals surface area contributed by atoms with E-state index >= 15 is 0 Å². The summed E-state index contributed by atoms with van der Waals surface area (Å²) in [6.07, 6.45) is -2.67. The SMILES string of the molecule is CCCOCC(Cc1ccc(C(F)(F)F)cc1)NC. The summed E-state index contributed by atoms with van der Waals surface area (Å²) in [5, 5.41) is 3.11. The van der Waals surface area contributed by atoms with Crippen LogP contribution < -0.4 is 5.32 Å². The number of halogens is 3. The molecular formula is C14H20F3NO. The highest BCUT2D eigenvalue weighted by Crippen LogP contribution is 2.29. The molecule has 0 aliphatic heterocycles. The third kappa shape index (κ3) is 5.61. The fourth-order valence-electron chi connectivity index (χ4n) is 1.73. The average molecular weight is 275 g/mol. The van der Waals surface area contributed by atoms with E-state index in [9.17, 15) is 13.2 Å². The van der Waals surface area contributed by atoms with Crippen LogP contribution in [0.25, 0.3) is 0 Å². The van der Waals surface area contributed by atoms with Crippen molar-refractivity contribution in [2.75, 3.05) is 20.3 Å². The number of rotatable bonds is 7. The monoisotopic (exact) mass is 275 g/mol. The molecule has 0 aliphatic carbocycles. The molecule has 19 heavy (non-hydrogen) atoms. The number of benzene rings is 1. The molecule has 1 unspecified atom stereocenters. The highest BCUT2D eigenvalue weighted by Gasteiger charge is 2.29. The maximum Gasteiger partial charge on any atom is 0.416 e. The largest absolute Gasteiger partial charge is 0.416 e. The van der Waals surface area contributed by atoms with Gasteiger partial charge in [0.2, 0.25) is 0 Å². The summed E-state index contributed by atoms with van der Waals surface area (Å²) in [6, 6.07) is 5.40. The third-order valence-corrected chi connectivity index (χ3v) is 2.84. The summed E-state index contributed by atoms with van der Waals surface area (Å²) in [6.45, 7) is 3.29. The Balaban J connectivity index is 2.55. The Hall–Kier alpha value is -1.07. The van der Waals surface area contributed by atoms with Crippen molar-refractivity contribution in [3.63, 3.8) is 0 Å². The van der Waals surface area contributed by atoms with Crippen molar-refractivity contribution < 1.29 is 17.9 Å². The Morgan fingerprint density at radius 2 is 1.84 bits per heavy atom. The second-order valence-corrected chi connectivity index (χ2v) is 4.46. The number of alkyl halides is 3. The first-order valence-electron chi connectivity index (χ1n) is 6.38. The summed E-state index contributed by atoms with van der Waals surface area (Å²) < 4.78 is 42.7. The molecule has 0 heterocycles. The maximum absolute atomic E-state index is 12.4. The molecule has 0 saturated carbocycles. The zero-order chi connectivity index (χ0) is 14.3.